The molecule has 0 saturated heterocycles. The maximum atomic E-state index is 14.1. The largest absolute Gasteiger partial charge is 0.350 e. The van der Waals surface area contributed by atoms with Gasteiger partial charge in [-0.05, 0) is 62.4 Å². The van der Waals surface area contributed by atoms with Gasteiger partial charge < -0.3 is 15.1 Å². The molecule has 1 aliphatic heterocycles. The van der Waals surface area contributed by atoms with Crippen LogP contribution in [0.5, 0.6) is 0 Å². The van der Waals surface area contributed by atoms with Crippen molar-refractivity contribution in [1.29, 1.82) is 0 Å². The number of hydrogen-bond donors (Lipinski definition) is 1. The lowest BCUT2D eigenvalue weighted by Gasteiger charge is -2.34. The van der Waals surface area contributed by atoms with E-state index in [1.807, 2.05) is 87.5 Å². The molecule has 6 nitrogen and oxygen atoms in total. The van der Waals surface area contributed by atoms with Crippen LogP contribution in [-0.2, 0) is 22.6 Å². The number of anilines is 1. The Hall–Kier alpha value is -3.87. The van der Waals surface area contributed by atoms with Gasteiger partial charge in [0.2, 0.25) is 11.8 Å². The molecule has 0 saturated carbocycles. The molecular weight excluding hydrogens is 581 g/mol. The van der Waals surface area contributed by atoms with Gasteiger partial charge in [-0.15, -0.1) is 0 Å². The van der Waals surface area contributed by atoms with Crippen molar-refractivity contribution in [1.82, 2.24) is 10.2 Å². The van der Waals surface area contributed by atoms with E-state index in [2.05, 4.69) is 5.32 Å². The second kappa shape index (κ2) is 12.8. The molecule has 0 radical (unpaired) electrons. The van der Waals surface area contributed by atoms with Crippen molar-refractivity contribution in [2.24, 2.45) is 0 Å². The Labute approximate surface area is 262 Å². The van der Waals surface area contributed by atoms with E-state index in [4.69, 9.17) is 23.2 Å². The van der Waals surface area contributed by atoms with Crippen LogP contribution >= 0.6 is 23.2 Å². The van der Waals surface area contributed by atoms with Crippen molar-refractivity contribution >= 4 is 57.4 Å². The van der Waals surface area contributed by atoms with Crippen LogP contribution in [0.15, 0.2) is 84.9 Å². The quantitative estimate of drug-likeness (QED) is 0.201. The highest BCUT2D eigenvalue weighted by molar-refractivity contribution is 6.36. The zero-order chi connectivity index (χ0) is 30.7. The first-order valence-corrected chi connectivity index (χ1v) is 15.2. The van der Waals surface area contributed by atoms with Gasteiger partial charge in [-0.3, -0.25) is 14.4 Å². The van der Waals surface area contributed by atoms with Crippen LogP contribution in [0.3, 0.4) is 0 Å². The van der Waals surface area contributed by atoms with Crippen LogP contribution in [0.4, 0.5) is 5.69 Å². The van der Waals surface area contributed by atoms with Crippen LogP contribution in [-0.4, -0.2) is 40.7 Å². The van der Waals surface area contributed by atoms with Crippen LogP contribution in [0.25, 0.3) is 10.8 Å². The minimum absolute atomic E-state index is 0.0644. The molecule has 1 N–H and O–H groups in total. The lowest BCUT2D eigenvalue weighted by molar-refractivity contribution is -0.142. The number of hydrogen-bond acceptors (Lipinski definition) is 3. The predicted octanol–water partition coefficient (Wildman–Crippen LogP) is 7.44. The molecule has 1 atom stereocenters. The number of nitrogens with one attached hydrogen (secondary N) is 1. The standard InChI is InChI=1S/C35H35Cl2N3O3/c1-35(2,3)38-33(42)30(21-23-11-5-4-6-12-23)40(22-26-27(36)16-9-17-28(26)37)31(41)19-10-20-39-29-18-8-14-24-13-7-15-25(32(24)29)34(39)43/h4-9,11-18,30H,10,19-22H2,1-3H3,(H,38,42)/t30-/m0/s1. The fraction of sp³-hybridized carbons (Fsp3) is 0.286. The number of halogens is 2. The molecule has 0 unspecified atom stereocenters. The maximum Gasteiger partial charge on any atom is 0.258 e. The van der Waals surface area contributed by atoms with E-state index in [-0.39, 0.29) is 30.7 Å². The smallest absolute Gasteiger partial charge is 0.258 e. The van der Waals surface area contributed by atoms with Crippen molar-refractivity contribution in [3.63, 3.8) is 0 Å². The van der Waals surface area contributed by atoms with Crippen LogP contribution in [0.1, 0.15) is 55.1 Å². The summed E-state index contributed by atoms with van der Waals surface area (Å²) in [5.74, 6) is -0.543. The lowest BCUT2D eigenvalue weighted by atomic mass is 10.00. The number of carbonyl (C=O) groups is 3. The maximum absolute atomic E-state index is 14.1. The summed E-state index contributed by atoms with van der Waals surface area (Å²) >= 11 is 13.1. The molecule has 1 aliphatic rings. The Morgan fingerprint density at radius 1 is 0.884 bits per heavy atom. The molecule has 222 valence electrons. The Bertz CT molecular complexity index is 1640. The lowest BCUT2D eigenvalue weighted by Crippen LogP contribution is -2.54. The first kappa shape index (κ1) is 30.6. The van der Waals surface area contributed by atoms with Gasteiger partial charge in [0.15, 0.2) is 0 Å². The monoisotopic (exact) mass is 615 g/mol. The molecule has 0 fully saturated rings. The summed E-state index contributed by atoms with van der Waals surface area (Å²) in [7, 11) is 0. The predicted molar refractivity (Wildman–Crippen MR) is 174 cm³/mol. The molecule has 8 heteroatoms. The highest BCUT2D eigenvalue weighted by Gasteiger charge is 2.34. The number of nitrogens with zero attached hydrogens (tertiary/aromatic N) is 2. The Balaban J connectivity index is 1.41. The van der Waals surface area contributed by atoms with Crippen molar-refractivity contribution in [3.05, 3.63) is 112 Å². The summed E-state index contributed by atoms with van der Waals surface area (Å²) in [4.78, 5) is 44.5. The van der Waals surface area contributed by atoms with Crippen LogP contribution in [0, 0.1) is 0 Å². The highest BCUT2D eigenvalue weighted by Crippen LogP contribution is 2.37. The third-order valence-electron chi connectivity index (χ3n) is 7.58. The molecule has 1 heterocycles. The van der Waals surface area contributed by atoms with E-state index in [0.717, 1.165) is 22.0 Å². The van der Waals surface area contributed by atoms with Gasteiger partial charge in [0, 0.05) is 58.0 Å². The Morgan fingerprint density at radius 3 is 2.21 bits per heavy atom. The van der Waals surface area contributed by atoms with Crippen molar-refractivity contribution in [3.8, 4) is 0 Å². The molecule has 0 bridgehead atoms. The molecule has 43 heavy (non-hydrogen) atoms. The summed E-state index contributed by atoms with van der Waals surface area (Å²) in [6, 6.07) is 25.6. The topological polar surface area (TPSA) is 69.7 Å². The fourth-order valence-electron chi connectivity index (χ4n) is 5.59. The van der Waals surface area contributed by atoms with Crippen LogP contribution < -0.4 is 10.2 Å². The third-order valence-corrected chi connectivity index (χ3v) is 8.29. The summed E-state index contributed by atoms with van der Waals surface area (Å²) in [5, 5.41) is 5.87. The molecule has 0 aliphatic carbocycles. The van der Waals surface area contributed by atoms with Gasteiger partial charge in [-0.1, -0.05) is 83.9 Å². The molecular formula is C35H35Cl2N3O3. The van der Waals surface area contributed by atoms with E-state index >= 15 is 0 Å². The Morgan fingerprint density at radius 2 is 1.53 bits per heavy atom. The second-order valence-electron chi connectivity index (χ2n) is 11.9. The van der Waals surface area contributed by atoms with Gasteiger partial charge in [0.05, 0.1) is 5.69 Å². The molecule has 0 aromatic heterocycles. The van der Waals surface area contributed by atoms with E-state index in [1.165, 1.54) is 0 Å². The average molecular weight is 617 g/mol. The Kier molecular flexibility index (Phi) is 9.09. The van der Waals surface area contributed by atoms with Gasteiger partial charge >= 0.3 is 0 Å². The van der Waals surface area contributed by atoms with Gasteiger partial charge in [0.1, 0.15) is 6.04 Å². The third kappa shape index (κ3) is 6.87. The van der Waals surface area contributed by atoms with E-state index in [0.29, 0.717) is 40.6 Å². The number of rotatable bonds is 10. The van der Waals surface area contributed by atoms with E-state index < -0.39 is 11.6 Å². The number of carbonyl (C=O) groups excluding carboxylic acids is 3. The first-order valence-electron chi connectivity index (χ1n) is 14.5. The van der Waals surface area contributed by atoms with Crippen molar-refractivity contribution < 1.29 is 14.4 Å². The van der Waals surface area contributed by atoms with Gasteiger partial charge in [-0.25, -0.2) is 0 Å². The number of amides is 3. The summed E-state index contributed by atoms with van der Waals surface area (Å²) in [6.07, 6.45) is 0.866. The fourth-order valence-corrected chi connectivity index (χ4v) is 6.11. The normalized spacial score (nSPS) is 13.3. The van der Waals surface area contributed by atoms with Crippen LogP contribution in [0.2, 0.25) is 10.0 Å². The molecule has 3 amide bonds. The molecule has 4 aromatic carbocycles. The van der Waals surface area contributed by atoms with Gasteiger partial charge in [-0.2, -0.15) is 0 Å². The summed E-state index contributed by atoms with van der Waals surface area (Å²) in [5.41, 5.74) is 2.54. The molecule has 4 aromatic rings. The zero-order valence-corrected chi connectivity index (χ0v) is 26.1. The second-order valence-corrected chi connectivity index (χ2v) is 12.7. The van der Waals surface area contributed by atoms with E-state index in [9.17, 15) is 14.4 Å². The molecule has 0 spiro atoms. The highest BCUT2D eigenvalue weighted by atomic mass is 35.5. The first-order chi connectivity index (χ1) is 20.5. The minimum atomic E-state index is -0.812. The molecule has 5 rings (SSSR count). The minimum Gasteiger partial charge on any atom is -0.350 e. The van der Waals surface area contributed by atoms with E-state index in [1.54, 1.807) is 28.0 Å². The average Bonchev–Trinajstić information content (AvgIpc) is 3.24. The summed E-state index contributed by atoms with van der Waals surface area (Å²) < 4.78 is 0. The zero-order valence-electron chi connectivity index (χ0n) is 24.6. The van der Waals surface area contributed by atoms with Crippen molar-refractivity contribution in [2.45, 2.75) is 58.2 Å². The number of benzene rings is 4. The SMILES string of the molecule is CC(C)(C)NC(=O)[C@H](Cc1ccccc1)N(Cc1c(Cl)cccc1Cl)C(=O)CCCN1C(=O)c2cccc3cccc1c23. The summed E-state index contributed by atoms with van der Waals surface area (Å²) in [6.45, 7) is 6.17. The van der Waals surface area contributed by atoms with Crippen molar-refractivity contribution in [2.75, 3.05) is 11.4 Å². The van der Waals surface area contributed by atoms with Gasteiger partial charge in [0.25, 0.3) is 5.91 Å².